The number of benzene rings is 1. The van der Waals surface area contributed by atoms with Crippen molar-refractivity contribution in [3.63, 3.8) is 0 Å². The van der Waals surface area contributed by atoms with Crippen LogP contribution in [0.3, 0.4) is 0 Å². The molecule has 5 rings (SSSR count). The first kappa shape index (κ1) is 29.2. The number of phenols is 1. The standard InChI is InChI=1S/C30H30F2N6O3S/c1-6-23(40)36-12-13-37(18(5)15-36)27-19-14-21(32)25(24-20(31)8-7-9-22(24)39)34-28(19)38(30(41)35-27)26-17(4)10-11-33-29(26)42-16(2)3/h6-11,14,16,18,39H,1,12-13,15H2,2-5H3/t18-/m0/s1. The number of carbonyl (C=O) groups excluding carboxylic acids is 1. The van der Waals surface area contributed by atoms with Crippen LogP contribution in [-0.2, 0) is 4.79 Å². The number of fused-ring (bicyclic) bond motifs is 1. The van der Waals surface area contributed by atoms with Crippen LogP contribution in [0.2, 0.25) is 0 Å². The first-order valence-corrected chi connectivity index (χ1v) is 14.3. The molecule has 1 N–H and O–H groups in total. The Hall–Kier alpha value is -4.32. The van der Waals surface area contributed by atoms with Crippen molar-refractivity contribution in [2.75, 3.05) is 24.5 Å². The normalized spacial score (nSPS) is 15.5. The number of phenolic OH excluding ortho intramolecular Hbond substituents is 1. The molecule has 1 amide bonds. The fourth-order valence-electron chi connectivity index (χ4n) is 5.16. The second kappa shape index (κ2) is 11.5. The summed E-state index contributed by atoms with van der Waals surface area (Å²) in [5.41, 5.74) is -0.377. The van der Waals surface area contributed by atoms with Gasteiger partial charge in [-0.05, 0) is 49.8 Å². The van der Waals surface area contributed by atoms with Crippen LogP contribution in [0.15, 0.2) is 59.0 Å². The first-order valence-electron chi connectivity index (χ1n) is 13.4. The lowest BCUT2D eigenvalue weighted by Crippen LogP contribution is -2.54. The molecule has 4 heterocycles. The lowest BCUT2D eigenvalue weighted by molar-refractivity contribution is -0.126. The van der Waals surface area contributed by atoms with E-state index >= 15 is 4.39 Å². The van der Waals surface area contributed by atoms with E-state index in [1.807, 2.05) is 32.6 Å². The molecule has 1 atom stereocenters. The van der Waals surface area contributed by atoms with Crippen LogP contribution in [0.4, 0.5) is 14.6 Å². The molecule has 1 aliphatic rings. The Balaban J connectivity index is 1.82. The van der Waals surface area contributed by atoms with Gasteiger partial charge >= 0.3 is 5.69 Å². The van der Waals surface area contributed by atoms with Gasteiger partial charge in [-0.2, -0.15) is 4.98 Å². The van der Waals surface area contributed by atoms with E-state index in [0.29, 0.717) is 35.9 Å². The predicted octanol–water partition coefficient (Wildman–Crippen LogP) is 4.86. The van der Waals surface area contributed by atoms with Crippen LogP contribution in [0.1, 0.15) is 26.3 Å². The van der Waals surface area contributed by atoms with Gasteiger partial charge in [-0.15, -0.1) is 11.8 Å². The second-order valence-electron chi connectivity index (χ2n) is 10.4. The topological polar surface area (TPSA) is 104 Å². The monoisotopic (exact) mass is 592 g/mol. The summed E-state index contributed by atoms with van der Waals surface area (Å²) in [6.45, 7) is 12.2. The summed E-state index contributed by atoms with van der Waals surface area (Å²) in [7, 11) is 0. The van der Waals surface area contributed by atoms with Crippen LogP contribution in [0.5, 0.6) is 5.75 Å². The largest absolute Gasteiger partial charge is 0.507 e. The molecule has 1 fully saturated rings. The van der Waals surface area contributed by atoms with E-state index in [1.165, 1.54) is 34.5 Å². The fourth-order valence-corrected chi connectivity index (χ4v) is 6.09. The Kier molecular flexibility index (Phi) is 8.00. The van der Waals surface area contributed by atoms with Crippen LogP contribution in [0.25, 0.3) is 28.0 Å². The van der Waals surface area contributed by atoms with Gasteiger partial charge in [0.1, 0.15) is 28.1 Å². The van der Waals surface area contributed by atoms with Gasteiger partial charge in [-0.1, -0.05) is 26.5 Å². The highest BCUT2D eigenvalue weighted by atomic mass is 32.2. The Labute approximate surface area is 245 Å². The number of pyridine rings is 2. The fraction of sp³-hybridized carbons (Fsp3) is 0.300. The molecule has 0 saturated carbocycles. The van der Waals surface area contributed by atoms with Crippen molar-refractivity contribution < 1.29 is 18.7 Å². The van der Waals surface area contributed by atoms with Crippen molar-refractivity contribution >= 4 is 34.5 Å². The van der Waals surface area contributed by atoms with Gasteiger partial charge in [0, 0.05) is 37.1 Å². The number of anilines is 1. The molecule has 0 spiro atoms. The zero-order valence-corrected chi connectivity index (χ0v) is 24.5. The van der Waals surface area contributed by atoms with Crippen molar-refractivity contribution in [3.8, 4) is 22.7 Å². The minimum Gasteiger partial charge on any atom is -0.507 e. The highest BCUT2D eigenvalue weighted by molar-refractivity contribution is 7.99. The van der Waals surface area contributed by atoms with Crippen molar-refractivity contribution in [1.29, 1.82) is 0 Å². The smallest absolute Gasteiger partial charge is 0.355 e. The molecule has 218 valence electrons. The number of hydrogen-bond donors (Lipinski definition) is 1. The second-order valence-corrected chi connectivity index (χ2v) is 11.9. The number of hydrogen-bond acceptors (Lipinski definition) is 8. The van der Waals surface area contributed by atoms with E-state index in [9.17, 15) is 19.1 Å². The summed E-state index contributed by atoms with van der Waals surface area (Å²) in [6, 6.07) is 6.27. The van der Waals surface area contributed by atoms with Crippen molar-refractivity contribution in [2.24, 2.45) is 0 Å². The van der Waals surface area contributed by atoms with Gasteiger partial charge < -0.3 is 14.9 Å². The molecular formula is C30H30F2N6O3S. The molecule has 3 aromatic heterocycles. The van der Waals surface area contributed by atoms with E-state index in [2.05, 4.69) is 21.5 Å². The van der Waals surface area contributed by atoms with E-state index in [4.69, 9.17) is 0 Å². The average molecular weight is 593 g/mol. The summed E-state index contributed by atoms with van der Waals surface area (Å²) >= 11 is 1.44. The molecule has 1 aromatic carbocycles. The Morgan fingerprint density at radius 2 is 1.95 bits per heavy atom. The average Bonchev–Trinajstić information content (AvgIpc) is 2.93. The number of amides is 1. The molecule has 0 aliphatic carbocycles. The number of aromatic hydroxyl groups is 1. The number of nitrogens with zero attached hydrogens (tertiary/aromatic N) is 6. The van der Waals surface area contributed by atoms with Gasteiger partial charge in [0.25, 0.3) is 0 Å². The predicted molar refractivity (Wildman–Crippen MR) is 159 cm³/mol. The zero-order chi connectivity index (χ0) is 30.3. The van der Waals surface area contributed by atoms with Gasteiger partial charge in [0.15, 0.2) is 11.5 Å². The minimum atomic E-state index is -0.899. The molecule has 42 heavy (non-hydrogen) atoms. The Morgan fingerprint density at radius 3 is 2.62 bits per heavy atom. The third kappa shape index (κ3) is 5.22. The summed E-state index contributed by atoms with van der Waals surface area (Å²) in [5, 5.41) is 11.4. The number of carbonyl (C=O) groups is 1. The van der Waals surface area contributed by atoms with Crippen molar-refractivity contribution in [1.82, 2.24) is 24.4 Å². The molecule has 9 nitrogen and oxygen atoms in total. The number of aromatic nitrogens is 4. The summed E-state index contributed by atoms with van der Waals surface area (Å²) in [4.78, 5) is 43.1. The zero-order valence-electron chi connectivity index (χ0n) is 23.6. The van der Waals surface area contributed by atoms with Crippen molar-refractivity contribution in [3.05, 3.63) is 76.9 Å². The van der Waals surface area contributed by atoms with Crippen molar-refractivity contribution in [2.45, 2.75) is 44.0 Å². The van der Waals surface area contributed by atoms with E-state index in [0.717, 1.165) is 12.1 Å². The number of rotatable bonds is 6. The van der Waals surface area contributed by atoms with Gasteiger partial charge in [-0.25, -0.2) is 28.1 Å². The van der Waals surface area contributed by atoms with Gasteiger partial charge in [0.2, 0.25) is 5.91 Å². The molecule has 0 radical (unpaired) electrons. The maximum atomic E-state index is 15.8. The maximum absolute atomic E-state index is 15.8. The highest BCUT2D eigenvalue weighted by Crippen LogP contribution is 2.37. The van der Waals surface area contributed by atoms with Crippen LogP contribution < -0.4 is 10.6 Å². The summed E-state index contributed by atoms with van der Waals surface area (Å²) < 4.78 is 32.0. The Bertz CT molecular complexity index is 1760. The quantitative estimate of drug-likeness (QED) is 0.250. The third-order valence-corrected chi connectivity index (χ3v) is 8.07. The lowest BCUT2D eigenvalue weighted by Gasteiger charge is -2.40. The first-order chi connectivity index (χ1) is 20.0. The molecule has 0 unspecified atom stereocenters. The van der Waals surface area contributed by atoms with E-state index in [1.54, 1.807) is 17.2 Å². The van der Waals surface area contributed by atoms with Gasteiger partial charge in [0.05, 0.1) is 16.6 Å². The molecule has 1 aliphatic heterocycles. The SMILES string of the molecule is C=CC(=O)N1CCN(c2nc(=O)n(-c3c(C)ccnc3SC(C)C)c3nc(-c4c(O)cccc4F)c(F)cc23)[C@@H](C)C1. The number of aryl methyl sites for hydroxylation is 1. The number of thioether (sulfide) groups is 1. The summed E-state index contributed by atoms with van der Waals surface area (Å²) in [5.74, 6) is -2.27. The van der Waals surface area contributed by atoms with Gasteiger partial charge in [-0.3, -0.25) is 4.79 Å². The molecule has 0 bridgehead atoms. The van der Waals surface area contributed by atoms with E-state index < -0.39 is 34.3 Å². The molecular weight excluding hydrogens is 562 g/mol. The Morgan fingerprint density at radius 1 is 1.19 bits per heavy atom. The van der Waals surface area contributed by atoms with E-state index in [-0.39, 0.29) is 34.1 Å². The number of halogens is 2. The van der Waals surface area contributed by atoms with Crippen LogP contribution >= 0.6 is 11.8 Å². The summed E-state index contributed by atoms with van der Waals surface area (Å²) in [6.07, 6.45) is 2.89. The lowest BCUT2D eigenvalue weighted by atomic mass is 10.1. The van der Waals surface area contributed by atoms with Crippen LogP contribution in [-0.4, -0.2) is 66.4 Å². The molecule has 12 heteroatoms. The third-order valence-electron chi connectivity index (χ3n) is 7.08. The maximum Gasteiger partial charge on any atom is 0.355 e. The molecule has 4 aromatic rings. The minimum absolute atomic E-state index is 0.0301. The number of piperazine rings is 1. The molecule has 1 saturated heterocycles. The highest BCUT2D eigenvalue weighted by Gasteiger charge is 2.31. The van der Waals surface area contributed by atoms with Crippen LogP contribution in [0, 0.1) is 18.6 Å².